The highest BCUT2D eigenvalue weighted by molar-refractivity contribution is 7.15. The first-order chi connectivity index (χ1) is 10.5. The Morgan fingerprint density at radius 2 is 2.00 bits per heavy atom. The Bertz CT molecular complexity index is 849. The van der Waals surface area contributed by atoms with E-state index in [1.54, 1.807) is 5.38 Å². The van der Waals surface area contributed by atoms with Gasteiger partial charge in [-0.05, 0) is 24.3 Å². The maximum absolute atomic E-state index is 13.0. The minimum atomic E-state index is -4.58. The van der Waals surface area contributed by atoms with Gasteiger partial charge in [0, 0.05) is 29.5 Å². The molecule has 0 radical (unpaired) electrons. The smallest absolute Gasteiger partial charge is 0.290 e. The van der Waals surface area contributed by atoms with Gasteiger partial charge < -0.3 is 0 Å². The molecule has 0 fully saturated rings. The second-order valence-electron chi connectivity index (χ2n) is 4.33. The zero-order chi connectivity index (χ0) is 15.7. The molecule has 3 aromatic heterocycles. The summed E-state index contributed by atoms with van der Waals surface area (Å²) in [6.07, 6.45) is 2.03. The van der Waals surface area contributed by atoms with E-state index in [1.807, 2.05) is 0 Å². The van der Waals surface area contributed by atoms with Crippen molar-refractivity contribution in [1.29, 1.82) is 0 Å². The molecule has 8 heteroatoms. The Morgan fingerprint density at radius 3 is 2.68 bits per heavy atom. The van der Waals surface area contributed by atoms with Crippen LogP contribution in [0.3, 0.4) is 0 Å². The molecule has 3 rings (SSSR count). The lowest BCUT2D eigenvalue weighted by Crippen LogP contribution is -2.08. The molecule has 0 aromatic carbocycles. The van der Waals surface area contributed by atoms with Crippen LogP contribution in [-0.4, -0.2) is 20.2 Å². The van der Waals surface area contributed by atoms with Crippen LogP contribution in [0, 0.1) is 0 Å². The molecule has 112 valence electrons. The molecule has 0 N–H and O–H groups in total. The summed E-state index contributed by atoms with van der Waals surface area (Å²) in [6.45, 7) is 0. The molecule has 22 heavy (non-hydrogen) atoms. The second kappa shape index (κ2) is 5.38. The van der Waals surface area contributed by atoms with Crippen LogP contribution in [0.2, 0.25) is 0 Å². The zero-order valence-electron chi connectivity index (χ0n) is 10.9. The summed E-state index contributed by atoms with van der Waals surface area (Å²) in [4.78, 5) is 19.5. The molecular formula is C14H8F3N3OS. The van der Waals surface area contributed by atoms with Crippen molar-refractivity contribution in [3.63, 3.8) is 0 Å². The molecule has 0 saturated heterocycles. The van der Waals surface area contributed by atoms with Crippen LogP contribution in [0.25, 0.3) is 11.0 Å². The van der Waals surface area contributed by atoms with Gasteiger partial charge in [0.1, 0.15) is 0 Å². The van der Waals surface area contributed by atoms with Crippen LogP contribution in [0.5, 0.6) is 0 Å². The van der Waals surface area contributed by atoms with Gasteiger partial charge in [0.15, 0.2) is 16.4 Å². The molecule has 0 unspecified atom stereocenters. The SMILES string of the molecule is O=C(C=Cc1c(C(F)(F)F)nc2sccn12)c1ccncc1. The Hall–Kier alpha value is -2.48. The average molecular weight is 323 g/mol. The number of rotatable bonds is 3. The van der Waals surface area contributed by atoms with E-state index in [4.69, 9.17) is 0 Å². The number of halogens is 3. The molecule has 0 aliphatic rings. The third-order valence-corrected chi connectivity index (χ3v) is 3.68. The number of thiazole rings is 1. The molecule has 3 aromatic rings. The largest absolute Gasteiger partial charge is 0.435 e. The lowest BCUT2D eigenvalue weighted by Gasteiger charge is -2.03. The minimum absolute atomic E-state index is 0.161. The molecule has 0 saturated carbocycles. The van der Waals surface area contributed by atoms with Crippen LogP contribution in [-0.2, 0) is 6.18 Å². The number of pyridine rings is 1. The summed E-state index contributed by atoms with van der Waals surface area (Å²) in [5.41, 5.74) is -0.810. The minimum Gasteiger partial charge on any atom is -0.290 e. The van der Waals surface area contributed by atoms with Gasteiger partial charge in [0.2, 0.25) is 0 Å². The quantitative estimate of drug-likeness (QED) is 0.545. The predicted octanol–water partition coefficient (Wildman–Crippen LogP) is 3.71. The van der Waals surface area contributed by atoms with Gasteiger partial charge in [-0.2, -0.15) is 13.2 Å². The maximum atomic E-state index is 13.0. The van der Waals surface area contributed by atoms with Crippen molar-refractivity contribution in [2.75, 3.05) is 0 Å². The number of fused-ring (bicyclic) bond motifs is 1. The second-order valence-corrected chi connectivity index (χ2v) is 5.21. The first-order valence-electron chi connectivity index (χ1n) is 6.12. The van der Waals surface area contributed by atoms with Crippen LogP contribution < -0.4 is 0 Å². The van der Waals surface area contributed by atoms with E-state index in [0.717, 1.165) is 23.5 Å². The summed E-state index contributed by atoms with van der Waals surface area (Å²) >= 11 is 1.09. The van der Waals surface area contributed by atoms with Gasteiger partial charge >= 0.3 is 6.18 Å². The highest BCUT2D eigenvalue weighted by atomic mass is 32.1. The Morgan fingerprint density at radius 1 is 1.27 bits per heavy atom. The average Bonchev–Trinajstić information content (AvgIpc) is 3.06. The number of hydrogen-bond acceptors (Lipinski definition) is 4. The molecule has 0 bridgehead atoms. The molecule has 3 heterocycles. The van der Waals surface area contributed by atoms with Gasteiger partial charge in [-0.25, -0.2) is 4.98 Å². The highest BCUT2D eigenvalue weighted by Gasteiger charge is 2.37. The number of carbonyl (C=O) groups excluding carboxylic acids is 1. The summed E-state index contributed by atoms with van der Waals surface area (Å²) in [5, 5.41) is 1.63. The van der Waals surface area contributed by atoms with Crippen LogP contribution in [0.1, 0.15) is 21.7 Å². The summed E-state index contributed by atoms with van der Waals surface area (Å²) in [6, 6.07) is 2.99. The van der Waals surface area contributed by atoms with Gasteiger partial charge in [-0.15, -0.1) is 11.3 Å². The number of hydrogen-bond donors (Lipinski definition) is 0. The van der Waals surface area contributed by atoms with Crippen molar-refractivity contribution in [1.82, 2.24) is 14.4 Å². The van der Waals surface area contributed by atoms with E-state index < -0.39 is 17.7 Å². The van der Waals surface area contributed by atoms with E-state index in [9.17, 15) is 18.0 Å². The van der Waals surface area contributed by atoms with E-state index in [2.05, 4.69) is 9.97 Å². The first-order valence-corrected chi connectivity index (χ1v) is 7.00. The van der Waals surface area contributed by atoms with E-state index in [-0.39, 0.29) is 10.7 Å². The van der Waals surface area contributed by atoms with Gasteiger partial charge in [-0.1, -0.05) is 0 Å². The van der Waals surface area contributed by atoms with Gasteiger partial charge in [-0.3, -0.25) is 14.2 Å². The molecule has 0 aliphatic carbocycles. The van der Waals surface area contributed by atoms with Crippen LogP contribution in [0.15, 0.2) is 42.2 Å². The Balaban J connectivity index is 2.01. The fourth-order valence-electron chi connectivity index (χ4n) is 1.94. The monoisotopic (exact) mass is 323 g/mol. The van der Waals surface area contributed by atoms with Crippen molar-refractivity contribution in [2.24, 2.45) is 0 Å². The van der Waals surface area contributed by atoms with E-state index in [0.29, 0.717) is 5.56 Å². The fraction of sp³-hybridized carbons (Fsp3) is 0.0714. The first kappa shape index (κ1) is 14.5. The van der Waals surface area contributed by atoms with Crippen LogP contribution in [0.4, 0.5) is 13.2 Å². The number of ketones is 1. The molecule has 0 aliphatic heterocycles. The lowest BCUT2D eigenvalue weighted by atomic mass is 10.1. The number of imidazole rings is 1. The van der Waals surface area contributed by atoms with Crippen molar-refractivity contribution < 1.29 is 18.0 Å². The van der Waals surface area contributed by atoms with Crippen molar-refractivity contribution in [2.45, 2.75) is 6.18 Å². The zero-order valence-corrected chi connectivity index (χ0v) is 11.7. The molecular weight excluding hydrogens is 315 g/mol. The normalized spacial score (nSPS) is 12.3. The number of aromatic nitrogens is 3. The summed E-state index contributed by atoms with van der Waals surface area (Å²) < 4.78 is 40.3. The standard InChI is InChI=1S/C14H8F3N3OS/c15-14(16,17)12-10(20-7-8-22-13(20)19-12)1-2-11(21)9-3-5-18-6-4-9/h1-8H. The number of alkyl halides is 3. The van der Waals surface area contributed by atoms with Crippen LogP contribution >= 0.6 is 11.3 Å². The molecule has 4 nitrogen and oxygen atoms in total. The topological polar surface area (TPSA) is 47.3 Å². The summed E-state index contributed by atoms with van der Waals surface area (Å²) in [5.74, 6) is -0.402. The Labute approximate surface area is 126 Å². The lowest BCUT2D eigenvalue weighted by molar-refractivity contribution is -0.140. The Kier molecular flexibility index (Phi) is 3.53. The maximum Gasteiger partial charge on any atom is 0.435 e. The molecule has 0 spiro atoms. The molecule has 0 amide bonds. The fourth-order valence-corrected chi connectivity index (χ4v) is 2.66. The van der Waals surface area contributed by atoms with E-state index >= 15 is 0 Å². The van der Waals surface area contributed by atoms with E-state index in [1.165, 1.54) is 35.1 Å². The number of nitrogens with zero attached hydrogens (tertiary/aromatic N) is 3. The van der Waals surface area contributed by atoms with Crippen molar-refractivity contribution in [3.05, 3.63) is 59.1 Å². The van der Waals surface area contributed by atoms with Crippen molar-refractivity contribution in [3.8, 4) is 0 Å². The van der Waals surface area contributed by atoms with Gasteiger partial charge in [0.05, 0.1) is 5.69 Å². The van der Waals surface area contributed by atoms with Gasteiger partial charge in [0.25, 0.3) is 0 Å². The summed E-state index contributed by atoms with van der Waals surface area (Å²) in [7, 11) is 0. The highest BCUT2D eigenvalue weighted by Crippen LogP contribution is 2.33. The number of allylic oxidation sites excluding steroid dienone is 1. The third kappa shape index (κ3) is 2.64. The molecule has 0 atom stereocenters. The number of carbonyl (C=O) groups is 1. The third-order valence-electron chi connectivity index (χ3n) is 2.92. The predicted molar refractivity (Wildman–Crippen MR) is 75.7 cm³/mol. The van der Waals surface area contributed by atoms with Crippen molar-refractivity contribution >= 4 is 28.2 Å².